The van der Waals surface area contributed by atoms with Gasteiger partial charge in [-0.1, -0.05) is 41.9 Å². The lowest BCUT2D eigenvalue weighted by Gasteiger charge is -2.41. The lowest BCUT2D eigenvalue weighted by molar-refractivity contribution is -0.124. The molecule has 1 aromatic heterocycles. The van der Waals surface area contributed by atoms with Crippen LogP contribution in [0.25, 0.3) is 24.2 Å². The quantitative estimate of drug-likeness (QED) is 0.0513. The Morgan fingerprint density at radius 3 is 0.906 bits per heavy atom. The highest BCUT2D eigenvalue weighted by atomic mass is 35.5. The summed E-state index contributed by atoms with van der Waals surface area (Å²) < 4.78 is 62.8. The van der Waals surface area contributed by atoms with Gasteiger partial charge in [0, 0.05) is 108 Å². The van der Waals surface area contributed by atoms with Crippen LogP contribution in [-0.4, -0.2) is 157 Å². The molecule has 9 aromatic carbocycles. The van der Waals surface area contributed by atoms with Gasteiger partial charge in [0.15, 0.2) is 71.4 Å². The SMILES string of the molecule is [C-]#[N+]c1ccc(N2C(=O)C(C)(C)N(c3ccc(OC(C)C)c(F)c3)C2=S)cc1C.[C-]#[N+]c1ccc(N2C(=O)C(C)(C)N(c3ccc(OC(C)C)c(F)c3)C2=S)cc1Cl.[C-]#[N+]c1ccc(N2C(=O)C(C)(C)N(c3ccc(OC(C)C)nc3)C2=S)cc1C.[C-]#[N+]c1ccc(N2C(=O)C3(CCN(C)CC3)N(c3ccc(OC(C)C)cc3)C2=S)cc1C.[C-]#[N+]c1ccc(N2C(=O)C3(CCOCC3)N(c3ccc(OC(C)C)cc3)C2=S)cc1C. The maximum atomic E-state index is 14.6. The van der Waals surface area contributed by atoms with E-state index in [0.717, 1.165) is 63.9 Å². The number of piperidine rings is 1. The molecule has 0 bridgehead atoms. The molecule has 7 aliphatic heterocycles. The summed E-state index contributed by atoms with van der Waals surface area (Å²) in [4.78, 5) is 108. The van der Waals surface area contributed by atoms with Crippen molar-refractivity contribution in [3.05, 3.63) is 290 Å². The van der Waals surface area contributed by atoms with Gasteiger partial charge >= 0.3 is 0 Å². The molecule has 149 heavy (non-hydrogen) atoms. The summed E-state index contributed by atoms with van der Waals surface area (Å²) in [6.45, 7) is 75.9. The monoisotopic (exact) mass is 2120 g/mol. The minimum atomic E-state index is -1.05. The number of rotatable bonds is 20. The first-order chi connectivity index (χ1) is 70.4. The van der Waals surface area contributed by atoms with E-state index in [1.807, 2.05) is 199 Å². The minimum Gasteiger partial charge on any atom is -0.491 e. The molecule has 0 saturated carbocycles. The number of anilines is 10. The molecule has 770 valence electrons. The molecule has 0 atom stereocenters. The smallest absolute Gasteiger partial charge is 0.259 e. The van der Waals surface area contributed by atoms with E-state index in [-0.39, 0.29) is 92.5 Å². The standard InChI is InChI=1S/C25H28N4O2S.C24H25N3O3S.C22H22FN3O2S.C21H19ClFN3O2S.C21H22N4O2S/c1-17(2)31-21-9-6-19(7-10-21)29-24(32)28(20-8-11-22(26-4)18(3)16-20)23(30)25(29)12-14-27(5)15-13-25;1-16(2)30-20-8-5-18(6-9-20)27-23(31)26(19-7-10-21(25-4)17(3)15-19)22(28)24(27)11-13-29-14-12-24;1-13(2)28-19-10-8-16(12-17(19)23)26-21(29)25(20(27)22(26,4)5)15-7-9-18(24-6)14(3)11-15;1-12(2)28-18-9-7-14(11-16(18)23)26-20(29)25(19(27)21(26,3)4)13-6-8-17(24-5)15(22)10-13;1-13(2)27-18-10-8-16(12-23-18)25-20(28)24(19(26)21(25,4)5)15-7-9-17(22-6)14(3)11-15/h6-11,16-17H,12-15H2,1-3,5H3;5-10,15-16H,11-14H2,1-3H3;7-13H,1-5H3;6-12H,1-4H3;7-13H,1-5H3. The van der Waals surface area contributed by atoms with Crippen LogP contribution in [0.5, 0.6) is 28.9 Å². The van der Waals surface area contributed by atoms with Crippen LogP contribution in [0.3, 0.4) is 0 Å². The van der Waals surface area contributed by atoms with Crippen LogP contribution in [0.15, 0.2) is 194 Å². The van der Waals surface area contributed by atoms with Crippen molar-refractivity contribution in [2.24, 2.45) is 0 Å². The second-order valence-corrected chi connectivity index (χ2v) is 41.7. The van der Waals surface area contributed by atoms with Gasteiger partial charge in [0.1, 0.15) is 39.2 Å². The number of nitrogens with zero attached hydrogens (tertiary/aromatic N) is 17. The molecule has 2 spiro atoms. The molecule has 0 radical (unpaired) electrons. The average Bonchev–Trinajstić information content (AvgIpc) is 1.56. The Balaban J connectivity index is 0.000000155. The summed E-state index contributed by atoms with van der Waals surface area (Å²) in [5, 5.41) is 1.98. The first-order valence-corrected chi connectivity index (χ1v) is 50.8. The first kappa shape index (κ1) is 112. The lowest BCUT2D eigenvalue weighted by Crippen LogP contribution is -2.56. The molecule has 28 nitrogen and oxygen atoms in total. The van der Waals surface area contributed by atoms with Crippen molar-refractivity contribution in [3.63, 3.8) is 0 Å². The number of ether oxygens (including phenoxy) is 6. The van der Waals surface area contributed by atoms with Gasteiger partial charge in [-0.15, -0.1) is 0 Å². The number of pyridine rings is 1. The van der Waals surface area contributed by atoms with Crippen LogP contribution >= 0.6 is 72.7 Å². The molecule has 17 rings (SSSR count). The van der Waals surface area contributed by atoms with Crippen molar-refractivity contribution in [1.29, 1.82) is 0 Å². The van der Waals surface area contributed by atoms with E-state index in [0.29, 0.717) is 123 Å². The molecule has 10 aromatic rings. The summed E-state index contributed by atoms with van der Waals surface area (Å²) in [6, 6.07) is 54.2. The summed E-state index contributed by atoms with van der Waals surface area (Å²) in [6.07, 6.45) is 4.06. The van der Waals surface area contributed by atoms with Gasteiger partial charge in [-0.25, -0.2) is 38.0 Å². The van der Waals surface area contributed by atoms with Crippen molar-refractivity contribution in [2.75, 3.05) is 82.4 Å². The largest absolute Gasteiger partial charge is 0.491 e. The summed E-state index contributed by atoms with van der Waals surface area (Å²) in [7, 11) is 2.08. The van der Waals surface area contributed by atoms with E-state index >= 15 is 0 Å². The van der Waals surface area contributed by atoms with Crippen LogP contribution in [0.2, 0.25) is 5.02 Å². The van der Waals surface area contributed by atoms with Gasteiger partial charge in [0.2, 0.25) is 11.6 Å². The number of carbonyl (C=O) groups excluding carboxylic acids is 5. The zero-order valence-corrected chi connectivity index (χ0v) is 91.6. The minimum absolute atomic E-state index is 0.00747. The number of hydrogen-bond acceptors (Lipinski definition) is 18. The molecule has 5 amide bonds. The Hall–Kier alpha value is -14.6. The van der Waals surface area contributed by atoms with Crippen molar-refractivity contribution < 1.29 is 61.2 Å². The number of carbonyl (C=O) groups is 5. The Labute approximate surface area is 901 Å². The van der Waals surface area contributed by atoms with E-state index in [9.17, 15) is 32.8 Å². The van der Waals surface area contributed by atoms with Crippen LogP contribution in [0, 0.1) is 72.2 Å². The number of aromatic nitrogens is 1. The Kier molecular flexibility index (Phi) is 34.2. The number of likely N-dealkylation sites (tertiary alicyclic amines) is 1. The molecule has 0 unspecified atom stereocenters. The van der Waals surface area contributed by atoms with Gasteiger partial charge in [-0.2, -0.15) is 0 Å². The predicted octanol–water partition coefficient (Wildman–Crippen LogP) is 25.7. The lowest BCUT2D eigenvalue weighted by atomic mass is 9.85. The third kappa shape index (κ3) is 22.7. The third-order valence-electron chi connectivity index (χ3n) is 25.8. The topological polar surface area (TPSA) is 211 Å². The molecule has 0 aliphatic carbocycles. The van der Waals surface area contributed by atoms with Crippen LogP contribution in [-0.2, 0) is 28.7 Å². The van der Waals surface area contributed by atoms with Crippen molar-refractivity contribution in [1.82, 2.24) is 9.88 Å². The molecule has 7 fully saturated rings. The van der Waals surface area contributed by atoms with Crippen molar-refractivity contribution in [3.8, 4) is 28.9 Å². The van der Waals surface area contributed by atoms with Crippen LogP contribution < -0.4 is 72.7 Å². The number of hydrogen-bond donors (Lipinski definition) is 0. The normalized spacial score (nSPS) is 16.9. The van der Waals surface area contributed by atoms with Gasteiger partial charge in [0.25, 0.3) is 29.5 Å². The number of thiocarbonyl (C=S) groups is 5. The van der Waals surface area contributed by atoms with E-state index in [2.05, 4.69) is 41.2 Å². The molecule has 7 aliphatic rings. The highest BCUT2D eigenvalue weighted by Gasteiger charge is 2.60. The predicted molar refractivity (Wildman–Crippen MR) is 604 cm³/mol. The Morgan fingerprint density at radius 2 is 0.617 bits per heavy atom. The Morgan fingerprint density at radius 1 is 0.342 bits per heavy atom. The van der Waals surface area contributed by atoms with Gasteiger partial charge in [0.05, 0.1) is 81.0 Å². The fourth-order valence-electron chi connectivity index (χ4n) is 18.5. The van der Waals surface area contributed by atoms with Crippen LogP contribution in [0.1, 0.15) is 159 Å². The maximum absolute atomic E-state index is 14.6. The zero-order chi connectivity index (χ0) is 109. The van der Waals surface area contributed by atoms with Crippen molar-refractivity contribution >= 4 is 213 Å². The molecular formula is C113H116ClF2N17O11S5. The van der Waals surface area contributed by atoms with E-state index in [4.69, 9.17) is 134 Å². The van der Waals surface area contributed by atoms with Crippen LogP contribution in [0.4, 0.5) is 94.1 Å². The molecule has 36 heteroatoms. The number of amides is 5. The Bertz CT molecular complexity index is 6990. The molecular weight excluding hydrogens is 2010 g/mol. The van der Waals surface area contributed by atoms with E-state index in [1.54, 1.807) is 137 Å². The third-order valence-corrected chi connectivity index (χ3v) is 28.0. The summed E-state index contributed by atoms with van der Waals surface area (Å²) >= 11 is 34.8. The molecule has 8 heterocycles. The van der Waals surface area contributed by atoms with Gasteiger partial charge < -0.3 is 57.8 Å². The van der Waals surface area contributed by atoms with Gasteiger partial charge in [-0.3, -0.25) is 48.5 Å². The number of benzene rings is 9. The fourth-order valence-corrected chi connectivity index (χ4v) is 21.2. The number of halogens is 3. The molecule has 7 saturated heterocycles. The van der Waals surface area contributed by atoms with E-state index < -0.39 is 39.3 Å². The fraction of sp³-hybridized carbons (Fsp3) is 0.345. The van der Waals surface area contributed by atoms with Crippen molar-refractivity contribution in [2.45, 2.75) is 222 Å². The summed E-state index contributed by atoms with van der Waals surface area (Å²) in [5.74, 6) is 0.659. The first-order valence-electron chi connectivity index (χ1n) is 48.3. The highest BCUT2D eigenvalue weighted by molar-refractivity contribution is 7.82. The number of aryl methyl sites for hydroxylation is 4. The van der Waals surface area contributed by atoms with Gasteiger partial charge in [-0.05, 0) is 381 Å². The second kappa shape index (κ2) is 45.7. The maximum Gasteiger partial charge on any atom is 0.259 e. The highest BCUT2D eigenvalue weighted by Crippen LogP contribution is 2.49. The average molecular weight is 2120 g/mol. The van der Waals surface area contributed by atoms with E-state index in [1.165, 1.54) is 45.0 Å². The molecule has 0 N–H and O–H groups in total. The second-order valence-electron chi connectivity index (χ2n) is 39.4. The summed E-state index contributed by atoms with van der Waals surface area (Å²) in [5.41, 5.74) is 7.78. The zero-order valence-electron chi connectivity index (χ0n) is 86.8.